The largest absolute Gasteiger partial charge is 0.385 e. The molecule has 1 aliphatic carbocycles. The summed E-state index contributed by atoms with van der Waals surface area (Å²) in [6, 6.07) is 4.41. The lowest BCUT2D eigenvalue weighted by Gasteiger charge is -2.27. The Morgan fingerprint density at radius 3 is 2.76 bits per heavy atom. The number of hydrogen-bond donors (Lipinski definition) is 2. The zero-order valence-electron chi connectivity index (χ0n) is 12.5. The topological polar surface area (TPSA) is 58.2 Å². The molecule has 0 bridgehead atoms. The molecule has 0 aromatic heterocycles. The van der Waals surface area contributed by atoms with E-state index in [-0.39, 0.29) is 5.69 Å². The summed E-state index contributed by atoms with van der Waals surface area (Å²) in [6.07, 6.45) is 6.00. The van der Waals surface area contributed by atoms with Gasteiger partial charge in [-0.05, 0) is 42.9 Å². The van der Waals surface area contributed by atoms with Crippen molar-refractivity contribution in [3.63, 3.8) is 0 Å². The van der Waals surface area contributed by atoms with Crippen molar-refractivity contribution in [1.29, 1.82) is 0 Å². The predicted molar refractivity (Wildman–Crippen MR) is 84.5 cm³/mol. The Labute approximate surface area is 126 Å². The number of nitrogens with one attached hydrogen (secondary N) is 2. The lowest BCUT2D eigenvalue weighted by molar-refractivity contribution is 0.293. The molecule has 1 aliphatic rings. The van der Waals surface area contributed by atoms with Gasteiger partial charge in [0.15, 0.2) is 0 Å². The Balaban J connectivity index is 1.99. The average Bonchev–Trinajstić information content (AvgIpc) is 2.38. The third-order valence-corrected chi connectivity index (χ3v) is 4.49. The van der Waals surface area contributed by atoms with Crippen molar-refractivity contribution in [2.75, 3.05) is 22.8 Å². The average molecular weight is 314 g/mol. The van der Waals surface area contributed by atoms with Crippen LogP contribution in [0.5, 0.6) is 0 Å². The van der Waals surface area contributed by atoms with E-state index in [0.717, 1.165) is 24.4 Å². The van der Waals surface area contributed by atoms with Crippen LogP contribution in [-0.2, 0) is 10.0 Å². The Morgan fingerprint density at radius 1 is 1.33 bits per heavy atom. The monoisotopic (exact) mass is 314 g/mol. The van der Waals surface area contributed by atoms with Crippen molar-refractivity contribution in [2.24, 2.45) is 11.8 Å². The fourth-order valence-corrected chi connectivity index (χ4v) is 3.48. The number of halogens is 1. The Morgan fingerprint density at radius 2 is 2.10 bits per heavy atom. The van der Waals surface area contributed by atoms with E-state index in [9.17, 15) is 12.8 Å². The molecule has 0 amide bonds. The Kier molecular flexibility index (Phi) is 5.08. The van der Waals surface area contributed by atoms with Crippen molar-refractivity contribution in [2.45, 2.75) is 32.6 Å². The zero-order chi connectivity index (χ0) is 15.5. The van der Waals surface area contributed by atoms with Crippen LogP contribution >= 0.6 is 0 Å². The van der Waals surface area contributed by atoms with E-state index in [4.69, 9.17) is 0 Å². The number of benzene rings is 1. The van der Waals surface area contributed by atoms with Crippen LogP contribution in [0.15, 0.2) is 18.2 Å². The Bertz CT molecular complexity index is 589. The van der Waals surface area contributed by atoms with E-state index in [0.29, 0.717) is 5.92 Å². The van der Waals surface area contributed by atoms with Crippen LogP contribution in [0.1, 0.15) is 32.6 Å². The highest BCUT2D eigenvalue weighted by Gasteiger charge is 2.18. The molecule has 1 aromatic rings. The first kappa shape index (κ1) is 16.1. The summed E-state index contributed by atoms with van der Waals surface area (Å²) in [4.78, 5) is 0. The minimum absolute atomic E-state index is 0.0143. The summed E-state index contributed by atoms with van der Waals surface area (Å²) in [5, 5.41) is 3.29. The molecule has 0 spiro atoms. The SMILES string of the molecule is CC1CCCC(CNc2ccc(F)c(NS(C)(=O)=O)c2)C1. The van der Waals surface area contributed by atoms with E-state index < -0.39 is 15.8 Å². The number of hydrogen-bond acceptors (Lipinski definition) is 3. The molecule has 4 nitrogen and oxygen atoms in total. The van der Waals surface area contributed by atoms with E-state index in [2.05, 4.69) is 17.0 Å². The van der Waals surface area contributed by atoms with Crippen molar-refractivity contribution in [1.82, 2.24) is 0 Å². The molecule has 0 radical (unpaired) electrons. The van der Waals surface area contributed by atoms with Crippen molar-refractivity contribution in [3.05, 3.63) is 24.0 Å². The summed E-state index contributed by atoms with van der Waals surface area (Å²) in [5.74, 6) is 0.823. The van der Waals surface area contributed by atoms with Gasteiger partial charge >= 0.3 is 0 Å². The molecule has 1 fully saturated rings. The normalized spacial score (nSPS) is 22.8. The maximum atomic E-state index is 13.6. The molecule has 2 unspecified atom stereocenters. The maximum absolute atomic E-state index is 13.6. The molecule has 2 rings (SSSR count). The third kappa shape index (κ3) is 5.19. The second-order valence-electron chi connectivity index (χ2n) is 6.09. The van der Waals surface area contributed by atoms with Gasteiger partial charge in [-0.2, -0.15) is 0 Å². The number of anilines is 2. The summed E-state index contributed by atoms with van der Waals surface area (Å²) in [6.45, 7) is 3.12. The van der Waals surface area contributed by atoms with Crippen molar-refractivity contribution >= 4 is 21.4 Å². The lowest BCUT2D eigenvalue weighted by atomic mass is 9.82. The molecule has 2 atom stereocenters. The zero-order valence-corrected chi connectivity index (χ0v) is 13.3. The highest BCUT2D eigenvalue weighted by Crippen LogP contribution is 2.29. The standard InChI is InChI=1S/C15H23FN2O2S/c1-11-4-3-5-12(8-11)10-17-13-6-7-14(16)15(9-13)18-21(2,19)20/h6-7,9,11-12,17-18H,3-5,8,10H2,1-2H3. The molecule has 0 saturated heterocycles. The van der Waals surface area contributed by atoms with Gasteiger partial charge in [-0.15, -0.1) is 0 Å². The highest BCUT2D eigenvalue weighted by atomic mass is 32.2. The van der Waals surface area contributed by atoms with Gasteiger partial charge in [0.05, 0.1) is 11.9 Å². The van der Waals surface area contributed by atoms with Gasteiger partial charge in [-0.3, -0.25) is 4.72 Å². The van der Waals surface area contributed by atoms with Crippen molar-refractivity contribution in [3.8, 4) is 0 Å². The quantitative estimate of drug-likeness (QED) is 0.875. The van der Waals surface area contributed by atoms with Gasteiger partial charge < -0.3 is 5.32 Å². The second kappa shape index (κ2) is 6.64. The second-order valence-corrected chi connectivity index (χ2v) is 7.84. The summed E-state index contributed by atoms with van der Waals surface area (Å²) in [5.41, 5.74) is 0.722. The van der Waals surface area contributed by atoms with Crippen LogP contribution in [0.2, 0.25) is 0 Å². The van der Waals surface area contributed by atoms with Crippen LogP contribution in [-0.4, -0.2) is 21.2 Å². The molecular formula is C15H23FN2O2S. The maximum Gasteiger partial charge on any atom is 0.229 e. The van der Waals surface area contributed by atoms with Crippen molar-refractivity contribution < 1.29 is 12.8 Å². The summed E-state index contributed by atoms with van der Waals surface area (Å²) in [7, 11) is -3.48. The van der Waals surface area contributed by atoms with E-state index in [1.165, 1.54) is 37.8 Å². The lowest BCUT2D eigenvalue weighted by Crippen LogP contribution is -2.21. The fourth-order valence-electron chi connectivity index (χ4n) is 2.92. The molecule has 0 aliphatic heterocycles. The fraction of sp³-hybridized carbons (Fsp3) is 0.600. The first-order chi connectivity index (χ1) is 9.83. The van der Waals surface area contributed by atoms with Crippen LogP contribution in [0, 0.1) is 17.7 Å². The van der Waals surface area contributed by atoms with Gasteiger partial charge in [0, 0.05) is 12.2 Å². The van der Waals surface area contributed by atoms with Crippen LogP contribution in [0.4, 0.5) is 15.8 Å². The molecule has 0 heterocycles. The van der Waals surface area contributed by atoms with Gasteiger partial charge in [-0.25, -0.2) is 12.8 Å². The molecule has 21 heavy (non-hydrogen) atoms. The van der Waals surface area contributed by atoms with E-state index in [1.54, 1.807) is 6.07 Å². The number of rotatable bonds is 5. The van der Waals surface area contributed by atoms with E-state index >= 15 is 0 Å². The van der Waals surface area contributed by atoms with E-state index in [1.807, 2.05) is 0 Å². The minimum Gasteiger partial charge on any atom is -0.385 e. The molecule has 2 N–H and O–H groups in total. The van der Waals surface area contributed by atoms with Crippen LogP contribution in [0.25, 0.3) is 0 Å². The summed E-state index contributed by atoms with van der Waals surface area (Å²) >= 11 is 0. The molecule has 6 heteroatoms. The predicted octanol–water partition coefficient (Wildman–Crippen LogP) is 3.44. The van der Waals surface area contributed by atoms with Gasteiger partial charge in [-0.1, -0.05) is 19.8 Å². The molecule has 118 valence electrons. The highest BCUT2D eigenvalue weighted by molar-refractivity contribution is 7.92. The first-order valence-electron chi connectivity index (χ1n) is 7.34. The van der Waals surface area contributed by atoms with Gasteiger partial charge in [0.2, 0.25) is 10.0 Å². The minimum atomic E-state index is -3.48. The molecular weight excluding hydrogens is 291 g/mol. The number of sulfonamides is 1. The Hall–Kier alpha value is -1.30. The smallest absolute Gasteiger partial charge is 0.229 e. The van der Waals surface area contributed by atoms with Gasteiger partial charge in [0.1, 0.15) is 5.82 Å². The molecule has 1 aromatic carbocycles. The molecule has 1 saturated carbocycles. The third-order valence-electron chi connectivity index (χ3n) is 3.90. The van der Waals surface area contributed by atoms with Gasteiger partial charge in [0.25, 0.3) is 0 Å². The summed E-state index contributed by atoms with van der Waals surface area (Å²) < 4.78 is 38.2. The van der Waals surface area contributed by atoms with Crippen LogP contribution < -0.4 is 10.0 Å². The van der Waals surface area contributed by atoms with Crippen LogP contribution in [0.3, 0.4) is 0 Å². The first-order valence-corrected chi connectivity index (χ1v) is 9.24.